The second-order valence-corrected chi connectivity index (χ2v) is 7.11. The van der Waals surface area contributed by atoms with Crippen molar-refractivity contribution >= 4 is 44.7 Å². The fourth-order valence-corrected chi connectivity index (χ4v) is 4.12. The highest BCUT2D eigenvalue weighted by Gasteiger charge is 2.24. The number of aromatic nitrogens is 2. The van der Waals surface area contributed by atoms with E-state index in [0.29, 0.717) is 5.82 Å². The van der Waals surface area contributed by atoms with Crippen molar-refractivity contribution in [2.75, 3.05) is 10.5 Å². The Morgan fingerprint density at radius 3 is 2.38 bits per heavy atom. The van der Waals surface area contributed by atoms with Gasteiger partial charge in [0.15, 0.2) is 0 Å². The average molecular weight is 349 g/mol. The molecule has 9 heteroatoms. The summed E-state index contributed by atoms with van der Waals surface area (Å²) >= 11 is 11.9. The van der Waals surface area contributed by atoms with Crippen molar-refractivity contribution in [3.8, 4) is 0 Å². The maximum Gasteiger partial charge on any atom is 0.266 e. The Morgan fingerprint density at radius 1 is 1.29 bits per heavy atom. The Morgan fingerprint density at radius 2 is 1.86 bits per heavy atom. The molecule has 1 heterocycles. The quantitative estimate of drug-likeness (QED) is 0.830. The number of sulfonamides is 1. The summed E-state index contributed by atoms with van der Waals surface area (Å²) in [6.45, 7) is 3.77. The highest BCUT2D eigenvalue weighted by Crippen LogP contribution is 2.33. The van der Waals surface area contributed by atoms with Crippen LogP contribution < -0.4 is 10.5 Å². The van der Waals surface area contributed by atoms with Gasteiger partial charge in [-0.3, -0.25) is 4.72 Å². The molecule has 0 aliphatic carbocycles. The number of nitrogens with two attached hydrogens (primary N) is 1. The minimum atomic E-state index is -3.95. The first-order chi connectivity index (χ1) is 9.72. The van der Waals surface area contributed by atoms with Gasteiger partial charge in [0.1, 0.15) is 10.7 Å². The molecule has 0 saturated heterocycles. The van der Waals surface area contributed by atoms with Crippen LogP contribution >= 0.6 is 23.2 Å². The van der Waals surface area contributed by atoms with E-state index in [0.717, 1.165) is 0 Å². The monoisotopic (exact) mass is 348 g/mol. The number of nitrogens with one attached hydrogen (secondary N) is 1. The number of hydrogen-bond acceptors (Lipinski definition) is 4. The fraction of sp³-hybridized carbons (Fsp3) is 0.250. The zero-order valence-corrected chi connectivity index (χ0v) is 13.7. The van der Waals surface area contributed by atoms with E-state index < -0.39 is 10.0 Å². The van der Waals surface area contributed by atoms with Crippen molar-refractivity contribution in [3.05, 3.63) is 34.4 Å². The van der Waals surface area contributed by atoms with Gasteiger partial charge in [-0.05, 0) is 26.0 Å². The number of halogens is 2. The van der Waals surface area contributed by atoms with Crippen molar-refractivity contribution in [1.29, 1.82) is 0 Å². The van der Waals surface area contributed by atoms with E-state index in [4.69, 9.17) is 28.9 Å². The van der Waals surface area contributed by atoms with Crippen LogP contribution in [0.2, 0.25) is 10.0 Å². The van der Waals surface area contributed by atoms with Gasteiger partial charge in [-0.15, -0.1) is 0 Å². The molecule has 114 valence electrons. The van der Waals surface area contributed by atoms with Crippen molar-refractivity contribution in [2.24, 2.45) is 0 Å². The van der Waals surface area contributed by atoms with Gasteiger partial charge in [0.25, 0.3) is 10.0 Å². The van der Waals surface area contributed by atoms with E-state index in [-0.39, 0.29) is 26.7 Å². The van der Waals surface area contributed by atoms with Crippen molar-refractivity contribution in [2.45, 2.75) is 24.8 Å². The van der Waals surface area contributed by atoms with Gasteiger partial charge in [-0.25, -0.2) is 13.1 Å². The van der Waals surface area contributed by atoms with Crippen LogP contribution in [0.15, 0.2) is 29.3 Å². The minimum Gasteiger partial charge on any atom is -0.399 e. The molecule has 6 nitrogen and oxygen atoms in total. The molecule has 3 N–H and O–H groups in total. The molecule has 1 aromatic heterocycles. The van der Waals surface area contributed by atoms with Gasteiger partial charge in [0.05, 0.1) is 16.2 Å². The molecule has 0 amide bonds. The lowest BCUT2D eigenvalue weighted by molar-refractivity contribution is 0.539. The second kappa shape index (κ2) is 5.75. The van der Waals surface area contributed by atoms with E-state index >= 15 is 0 Å². The van der Waals surface area contributed by atoms with Crippen LogP contribution in [0.25, 0.3) is 0 Å². The third-order valence-corrected chi connectivity index (χ3v) is 4.96. The zero-order valence-electron chi connectivity index (χ0n) is 11.3. The summed E-state index contributed by atoms with van der Waals surface area (Å²) in [6.07, 6.45) is 1.50. The van der Waals surface area contributed by atoms with E-state index in [1.165, 1.54) is 23.0 Å². The Labute approximate surface area is 132 Å². The lowest BCUT2D eigenvalue weighted by Gasteiger charge is -2.14. The number of benzene rings is 1. The molecule has 0 radical (unpaired) electrons. The number of rotatable bonds is 4. The molecule has 2 aromatic rings. The molecule has 1 aromatic carbocycles. The molecule has 0 fully saturated rings. The lowest BCUT2D eigenvalue weighted by Crippen LogP contribution is -2.18. The summed E-state index contributed by atoms with van der Waals surface area (Å²) in [5.74, 6) is 0.328. The second-order valence-electron chi connectivity index (χ2n) is 4.67. The molecule has 0 saturated carbocycles. The van der Waals surface area contributed by atoms with E-state index in [1.54, 1.807) is 6.07 Å². The summed E-state index contributed by atoms with van der Waals surface area (Å²) in [7, 11) is -3.95. The van der Waals surface area contributed by atoms with Gasteiger partial charge >= 0.3 is 0 Å². The maximum atomic E-state index is 12.5. The first kappa shape index (κ1) is 15.9. The Bertz CT molecular complexity index is 748. The van der Waals surface area contributed by atoms with Crippen LogP contribution in [0.4, 0.5) is 11.5 Å². The van der Waals surface area contributed by atoms with E-state index in [9.17, 15) is 8.42 Å². The predicted octanol–water partition coefficient (Wildman–Crippen LogP) is 3.15. The fourth-order valence-electron chi connectivity index (χ4n) is 1.83. The molecule has 21 heavy (non-hydrogen) atoms. The molecule has 0 bridgehead atoms. The van der Waals surface area contributed by atoms with Crippen LogP contribution in [-0.4, -0.2) is 18.2 Å². The maximum absolute atomic E-state index is 12.5. The summed E-state index contributed by atoms with van der Waals surface area (Å²) in [5, 5.41) is 3.98. The molecule has 0 aliphatic heterocycles. The third kappa shape index (κ3) is 3.25. The topological polar surface area (TPSA) is 90.0 Å². The van der Waals surface area contributed by atoms with Crippen molar-refractivity contribution in [3.63, 3.8) is 0 Å². The van der Waals surface area contributed by atoms with Crippen LogP contribution in [0.3, 0.4) is 0 Å². The average Bonchev–Trinajstić information content (AvgIpc) is 2.73. The summed E-state index contributed by atoms with van der Waals surface area (Å²) < 4.78 is 28.9. The van der Waals surface area contributed by atoms with Gasteiger partial charge in [-0.2, -0.15) is 5.10 Å². The van der Waals surface area contributed by atoms with Crippen LogP contribution in [0.5, 0.6) is 0 Å². The van der Waals surface area contributed by atoms with Crippen LogP contribution in [0, 0.1) is 0 Å². The predicted molar refractivity (Wildman–Crippen MR) is 84.3 cm³/mol. The SMILES string of the molecule is CC(C)n1nccc1NS(=O)(=O)c1c(Cl)cc(N)cc1Cl. The van der Waals surface area contributed by atoms with Gasteiger partial charge in [0, 0.05) is 17.8 Å². The van der Waals surface area contributed by atoms with Crippen molar-refractivity contribution < 1.29 is 8.42 Å². The zero-order chi connectivity index (χ0) is 15.8. The highest BCUT2D eigenvalue weighted by atomic mass is 35.5. The number of nitrogens with zero attached hydrogens (tertiary/aromatic N) is 2. The smallest absolute Gasteiger partial charge is 0.266 e. The minimum absolute atomic E-state index is 0.00457. The first-order valence-corrected chi connectivity index (χ1v) is 8.27. The van der Waals surface area contributed by atoms with E-state index in [2.05, 4.69) is 9.82 Å². The third-order valence-electron chi connectivity index (χ3n) is 2.69. The Balaban J connectivity index is 2.47. The molecule has 2 rings (SSSR count). The van der Waals surface area contributed by atoms with Crippen LogP contribution in [0.1, 0.15) is 19.9 Å². The summed E-state index contributed by atoms with van der Waals surface area (Å²) in [6, 6.07) is 4.22. The molecule has 0 atom stereocenters. The van der Waals surface area contributed by atoms with Crippen LogP contribution in [-0.2, 0) is 10.0 Å². The van der Waals surface area contributed by atoms with E-state index in [1.807, 2.05) is 13.8 Å². The molecule has 0 spiro atoms. The molecule has 0 unspecified atom stereocenters. The summed E-state index contributed by atoms with van der Waals surface area (Å²) in [5.41, 5.74) is 5.86. The van der Waals surface area contributed by atoms with Crippen molar-refractivity contribution in [1.82, 2.24) is 9.78 Å². The normalized spacial score (nSPS) is 11.9. The standard InChI is InChI=1S/C12H14Cl2N4O2S/c1-7(2)18-11(3-4-16-18)17-21(19,20)12-9(13)5-8(15)6-10(12)14/h3-7,17H,15H2,1-2H3. The number of nitrogen functional groups attached to an aromatic ring is 1. The summed E-state index contributed by atoms with van der Waals surface area (Å²) in [4.78, 5) is -0.212. The van der Waals surface area contributed by atoms with Gasteiger partial charge < -0.3 is 5.73 Å². The lowest BCUT2D eigenvalue weighted by atomic mass is 10.3. The largest absolute Gasteiger partial charge is 0.399 e. The molecule has 0 aliphatic rings. The Kier molecular flexibility index (Phi) is 4.36. The van der Waals surface area contributed by atoms with Gasteiger partial charge in [0.2, 0.25) is 0 Å². The highest BCUT2D eigenvalue weighted by molar-refractivity contribution is 7.93. The molecular weight excluding hydrogens is 335 g/mol. The van der Waals surface area contributed by atoms with Gasteiger partial charge in [-0.1, -0.05) is 23.2 Å². The number of hydrogen-bond donors (Lipinski definition) is 2. The number of anilines is 2. The molecular formula is C12H14Cl2N4O2S. The first-order valence-electron chi connectivity index (χ1n) is 6.03. The Hall–Kier alpha value is -1.44.